The lowest BCUT2D eigenvalue weighted by Gasteiger charge is -2.37. The zero-order valence-corrected chi connectivity index (χ0v) is 16.2. The van der Waals surface area contributed by atoms with Gasteiger partial charge in [0, 0.05) is 43.9 Å². The standard InChI is InChI=1S/C22H24F3N3O/c23-22(24,25)19-6-3-7-20(14-19)27-10-12-28(13-11-27)21(29)16-26-9-8-17-4-1-2-5-18(17)15-26/h1-7,14H,8-13,15-16H2/p+1. The fourth-order valence-corrected chi connectivity index (χ4v) is 4.21. The van der Waals surface area contributed by atoms with Crippen molar-refractivity contribution in [3.8, 4) is 0 Å². The Kier molecular flexibility index (Phi) is 5.50. The molecule has 154 valence electrons. The van der Waals surface area contributed by atoms with Crippen molar-refractivity contribution in [1.29, 1.82) is 0 Å². The van der Waals surface area contributed by atoms with Crippen LogP contribution in [0.4, 0.5) is 18.9 Å². The van der Waals surface area contributed by atoms with Crippen molar-refractivity contribution in [2.45, 2.75) is 19.1 Å². The fourth-order valence-electron chi connectivity index (χ4n) is 4.21. The first-order chi connectivity index (χ1) is 13.9. The van der Waals surface area contributed by atoms with Crippen LogP contribution in [-0.4, -0.2) is 50.1 Å². The molecule has 1 amide bonds. The average Bonchev–Trinajstić information content (AvgIpc) is 2.73. The van der Waals surface area contributed by atoms with Gasteiger partial charge in [-0.2, -0.15) is 13.2 Å². The van der Waals surface area contributed by atoms with Crippen LogP contribution in [0.15, 0.2) is 48.5 Å². The van der Waals surface area contributed by atoms with Crippen LogP contribution >= 0.6 is 0 Å². The molecule has 2 aromatic carbocycles. The van der Waals surface area contributed by atoms with E-state index in [1.165, 1.54) is 28.2 Å². The van der Waals surface area contributed by atoms with E-state index in [0.717, 1.165) is 25.6 Å². The first kappa shape index (κ1) is 19.8. The lowest BCUT2D eigenvalue weighted by molar-refractivity contribution is -0.908. The van der Waals surface area contributed by atoms with Crippen LogP contribution in [0.2, 0.25) is 0 Å². The van der Waals surface area contributed by atoms with E-state index >= 15 is 0 Å². The second-order valence-electron chi connectivity index (χ2n) is 7.79. The van der Waals surface area contributed by atoms with Gasteiger partial charge in [-0.05, 0) is 23.8 Å². The molecule has 4 nitrogen and oxygen atoms in total. The molecule has 7 heteroatoms. The van der Waals surface area contributed by atoms with E-state index in [2.05, 4.69) is 18.2 Å². The van der Waals surface area contributed by atoms with Gasteiger partial charge >= 0.3 is 6.18 Å². The van der Waals surface area contributed by atoms with Crippen molar-refractivity contribution < 1.29 is 22.9 Å². The highest BCUT2D eigenvalue weighted by atomic mass is 19.4. The average molecular weight is 404 g/mol. The Labute approximate surface area is 168 Å². The maximum Gasteiger partial charge on any atom is 0.416 e. The number of hydrogen-bond acceptors (Lipinski definition) is 2. The van der Waals surface area contributed by atoms with Gasteiger partial charge in [0.05, 0.1) is 12.1 Å². The number of rotatable bonds is 3. The van der Waals surface area contributed by atoms with E-state index in [9.17, 15) is 18.0 Å². The number of nitrogens with zero attached hydrogens (tertiary/aromatic N) is 2. The summed E-state index contributed by atoms with van der Waals surface area (Å²) < 4.78 is 38.8. The minimum atomic E-state index is -4.34. The molecule has 4 rings (SSSR count). The smallest absolute Gasteiger partial charge is 0.368 e. The number of amides is 1. The first-order valence-electron chi connectivity index (χ1n) is 10.0. The number of quaternary nitrogens is 1. The van der Waals surface area contributed by atoms with Crippen LogP contribution in [-0.2, 0) is 23.9 Å². The van der Waals surface area contributed by atoms with Gasteiger partial charge in [0.15, 0.2) is 6.54 Å². The summed E-state index contributed by atoms with van der Waals surface area (Å²) in [4.78, 5) is 17.8. The minimum Gasteiger partial charge on any atom is -0.368 e. The molecule has 0 aromatic heterocycles. The van der Waals surface area contributed by atoms with Gasteiger partial charge in [-0.3, -0.25) is 4.79 Å². The predicted molar refractivity (Wildman–Crippen MR) is 105 cm³/mol. The topological polar surface area (TPSA) is 28.0 Å². The fraction of sp³-hybridized carbons (Fsp3) is 0.409. The van der Waals surface area contributed by atoms with Crippen molar-refractivity contribution >= 4 is 11.6 Å². The zero-order chi connectivity index (χ0) is 20.4. The third-order valence-electron chi connectivity index (χ3n) is 5.88. The number of halogens is 3. The first-order valence-corrected chi connectivity index (χ1v) is 10.0. The second kappa shape index (κ2) is 8.06. The van der Waals surface area contributed by atoms with Gasteiger partial charge in [0.2, 0.25) is 0 Å². The largest absolute Gasteiger partial charge is 0.416 e. The maximum atomic E-state index is 12.9. The van der Waals surface area contributed by atoms with Gasteiger partial charge in [0.25, 0.3) is 5.91 Å². The Balaban J connectivity index is 1.31. The summed E-state index contributed by atoms with van der Waals surface area (Å²) in [6.07, 6.45) is -3.36. The van der Waals surface area contributed by atoms with Crippen molar-refractivity contribution in [2.24, 2.45) is 0 Å². The third kappa shape index (κ3) is 4.56. The van der Waals surface area contributed by atoms with Crippen LogP contribution in [0.1, 0.15) is 16.7 Å². The van der Waals surface area contributed by atoms with Crippen LogP contribution < -0.4 is 9.80 Å². The van der Waals surface area contributed by atoms with Gasteiger partial charge in [-0.15, -0.1) is 0 Å². The molecule has 2 aliphatic rings. The summed E-state index contributed by atoms with van der Waals surface area (Å²) >= 11 is 0. The van der Waals surface area contributed by atoms with Crippen molar-refractivity contribution in [3.63, 3.8) is 0 Å². The Morgan fingerprint density at radius 3 is 2.41 bits per heavy atom. The van der Waals surface area contributed by atoms with Gasteiger partial charge in [-0.1, -0.05) is 30.3 Å². The quantitative estimate of drug-likeness (QED) is 0.848. The molecule has 0 radical (unpaired) electrons. The lowest BCUT2D eigenvalue weighted by Crippen LogP contribution is -3.12. The van der Waals surface area contributed by atoms with Gasteiger partial charge < -0.3 is 14.7 Å². The monoisotopic (exact) mass is 404 g/mol. The second-order valence-corrected chi connectivity index (χ2v) is 7.79. The van der Waals surface area contributed by atoms with Crippen molar-refractivity contribution in [1.82, 2.24) is 4.90 Å². The summed E-state index contributed by atoms with van der Waals surface area (Å²) in [5.41, 5.74) is 2.61. The summed E-state index contributed by atoms with van der Waals surface area (Å²) in [6, 6.07) is 13.8. The normalized spacial score (nSPS) is 19.8. The molecule has 1 unspecified atom stereocenters. The number of anilines is 1. The lowest BCUT2D eigenvalue weighted by atomic mass is 10.00. The van der Waals surface area contributed by atoms with Crippen LogP contribution in [0.5, 0.6) is 0 Å². The van der Waals surface area contributed by atoms with E-state index in [-0.39, 0.29) is 5.91 Å². The minimum absolute atomic E-state index is 0.128. The van der Waals surface area contributed by atoms with E-state index in [0.29, 0.717) is 38.4 Å². The van der Waals surface area contributed by atoms with Crippen molar-refractivity contribution in [2.75, 3.05) is 44.2 Å². The molecule has 1 atom stereocenters. The molecular formula is C22H25F3N3O+. The SMILES string of the molecule is O=C(C[NH+]1CCc2ccccc2C1)N1CCN(c2cccc(C(F)(F)F)c2)CC1. The zero-order valence-electron chi connectivity index (χ0n) is 16.2. The number of hydrogen-bond donors (Lipinski definition) is 1. The number of carbonyl (C=O) groups excluding carboxylic acids is 1. The molecule has 0 bridgehead atoms. The number of nitrogens with one attached hydrogen (secondary N) is 1. The number of fused-ring (bicyclic) bond motifs is 1. The molecule has 29 heavy (non-hydrogen) atoms. The number of carbonyl (C=O) groups is 1. The van der Waals surface area contributed by atoms with Crippen LogP contribution in [0, 0.1) is 0 Å². The van der Waals surface area contributed by atoms with Crippen molar-refractivity contribution in [3.05, 3.63) is 65.2 Å². The molecule has 2 aromatic rings. The Morgan fingerprint density at radius 2 is 1.69 bits per heavy atom. The number of benzene rings is 2. The van der Waals surface area contributed by atoms with Crippen LogP contribution in [0.25, 0.3) is 0 Å². The number of alkyl halides is 3. The van der Waals surface area contributed by atoms with E-state index in [1.807, 2.05) is 15.9 Å². The number of piperazine rings is 1. The molecule has 1 saturated heterocycles. The molecule has 2 heterocycles. The molecule has 1 fully saturated rings. The van der Waals surface area contributed by atoms with E-state index in [1.54, 1.807) is 6.07 Å². The molecule has 0 spiro atoms. The molecule has 0 saturated carbocycles. The van der Waals surface area contributed by atoms with Gasteiger partial charge in [0.1, 0.15) is 6.54 Å². The molecule has 2 aliphatic heterocycles. The van der Waals surface area contributed by atoms with E-state index < -0.39 is 11.7 Å². The molecule has 1 N–H and O–H groups in total. The highest BCUT2D eigenvalue weighted by molar-refractivity contribution is 5.77. The Hall–Kier alpha value is -2.54. The van der Waals surface area contributed by atoms with E-state index in [4.69, 9.17) is 0 Å². The van der Waals surface area contributed by atoms with Crippen LogP contribution in [0.3, 0.4) is 0 Å². The molecular weight excluding hydrogens is 379 g/mol. The Bertz CT molecular complexity index is 876. The highest BCUT2D eigenvalue weighted by Gasteiger charge is 2.31. The summed E-state index contributed by atoms with van der Waals surface area (Å²) in [5.74, 6) is 0.128. The predicted octanol–water partition coefficient (Wildman–Crippen LogP) is 2.00. The third-order valence-corrected chi connectivity index (χ3v) is 5.88. The summed E-state index contributed by atoms with van der Waals surface area (Å²) in [6.45, 7) is 4.46. The maximum absolute atomic E-state index is 12.9. The van der Waals surface area contributed by atoms with Gasteiger partial charge in [-0.25, -0.2) is 0 Å². The Morgan fingerprint density at radius 1 is 0.966 bits per heavy atom. The summed E-state index contributed by atoms with van der Waals surface area (Å²) in [7, 11) is 0. The summed E-state index contributed by atoms with van der Waals surface area (Å²) in [5, 5.41) is 0. The highest BCUT2D eigenvalue weighted by Crippen LogP contribution is 2.31. The molecule has 0 aliphatic carbocycles.